The molecule has 1 saturated heterocycles. The molecule has 4 rings (SSSR count). The summed E-state index contributed by atoms with van der Waals surface area (Å²) >= 11 is 5.93. The second kappa shape index (κ2) is 11.7. The second-order valence-electron chi connectivity index (χ2n) is 9.81. The number of benzene rings is 1. The molecule has 1 unspecified atom stereocenters. The summed E-state index contributed by atoms with van der Waals surface area (Å²) in [5.41, 5.74) is 0.485. The van der Waals surface area contributed by atoms with Crippen LogP contribution >= 0.6 is 11.6 Å². The highest BCUT2D eigenvalue weighted by molar-refractivity contribution is 7.89. The Labute approximate surface area is 217 Å². The van der Waals surface area contributed by atoms with E-state index in [4.69, 9.17) is 25.8 Å². The van der Waals surface area contributed by atoms with E-state index in [0.717, 1.165) is 44.0 Å². The highest BCUT2D eigenvalue weighted by Crippen LogP contribution is 2.60. The Morgan fingerprint density at radius 2 is 2.03 bits per heavy atom. The molecule has 36 heavy (non-hydrogen) atoms. The summed E-state index contributed by atoms with van der Waals surface area (Å²) in [5, 5.41) is 0.453. The van der Waals surface area contributed by atoms with E-state index in [1.165, 1.54) is 31.4 Å². The van der Waals surface area contributed by atoms with Gasteiger partial charge in [0.15, 0.2) is 6.29 Å². The molecule has 2 saturated carbocycles. The molecule has 3 aliphatic rings. The van der Waals surface area contributed by atoms with Crippen LogP contribution in [0.2, 0.25) is 5.02 Å². The zero-order chi connectivity index (χ0) is 25.8. The number of hydrogen-bond acceptors (Lipinski definition) is 7. The number of methoxy groups -OCH3 is 1. The van der Waals surface area contributed by atoms with Crippen molar-refractivity contribution in [2.45, 2.75) is 68.7 Å². The van der Waals surface area contributed by atoms with E-state index in [-0.39, 0.29) is 48.1 Å². The van der Waals surface area contributed by atoms with Gasteiger partial charge in [-0.1, -0.05) is 23.3 Å². The van der Waals surface area contributed by atoms with Gasteiger partial charge in [-0.15, -0.1) is 0 Å². The summed E-state index contributed by atoms with van der Waals surface area (Å²) in [4.78, 5) is 24.1. The number of hydrogen-bond donors (Lipinski definition) is 1. The van der Waals surface area contributed by atoms with Crippen molar-refractivity contribution < 1.29 is 32.2 Å². The number of nitrogens with one attached hydrogen (secondary N) is 1. The number of sulfonamides is 1. The summed E-state index contributed by atoms with van der Waals surface area (Å²) in [7, 11) is -2.45. The number of halogens is 1. The van der Waals surface area contributed by atoms with Crippen LogP contribution in [0.15, 0.2) is 40.8 Å². The van der Waals surface area contributed by atoms with E-state index in [1.54, 1.807) is 0 Å². The lowest BCUT2D eigenvalue weighted by atomic mass is 9.75. The van der Waals surface area contributed by atoms with E-state index in [2.05, 4.69) is 4.72 Å². The largest absolute Gasteiger partial charge is 0.469 e. The van der Waals surface area contributed by atoms with Crippen molar-refractivity contribution >= 4 is 33.9 Å². The topological polar surface area (TPSA) is 108 Å². The first kappa shape index (κ1) is 27.3. The minimum Gasteiger partial charge on any atom is -0.469 e. The van der Waals surface area contributed by atoms with Crippen LogP contribution in [0.3, 0.4) is 0 Å². The highest BCUT2D eigenvalue weighted by atomic mass is 35.5. The molecule has 0 spiro atoms. The van der Waals surface area contributed by atoms with Gasteiger partial charge < -0.3 is 19.0 Å². The van der Waals surface area contributed by atoms with Gasteiger partial charge in [0.05, 0.1) is 18.1 Å². The van der Waals surface area contributed by atoms with Crippen molar-refractivity contribution in [1.82, 2.24) is 4.72 Å². The van der Waals surface area contributed by atoms with Gasteiger partial charge in [0.1, 0.15) is 6.29 Å². The maximum Gasteiger partial charge on any atom is 0.305 e. The number of esters is 1. The molecule has 2 aliphatic carbocycles. The molecule has 1 N–H and O–H groups in total. The lowest BCUT2D eigenvalue weighted by Crippen LogP contribution is -2.39. The summed E-state index contributed by atoms with van der Waals surface area (Å²) in [5.74, 6) is -0.727. The molecule has 8 nitrogen and oxygen atoms in total. The van der Waals surface area contributed by atoms with Gasteiger partial charge in [-0.2, -0.15) is 0 Å². The van der Waals surface area contributed by atoms with Gasteiger partial charge in [-0.25, -0.2) is 13.1 Å². The van der Waals surface area contributed by atoms with E-state index in [0.29, 0.717) is 24.5 Å². The van der Waals surface area contributed by atoms with Crippen molar-refractivity contribution in [1.29, 1.82) is 0 Å². The van der Waals surface area contributed by atoms with Gasteiger partial charge in [-0.05, 0) is 75.1 Å². The maximum absolute atomic E-state index is 13.1. The third-order valence-corrected chi connectivity index (χ3v) is 9.49. The predicted octanol–water partition coefficient (Wildman–Crippen LogP) is 4.02. The monoisotopic (exact) mass is 539 g/mol. The Morgan fingerprint density at radius 1 is 1.25 bits per heavy atom. The van der Waals surface area contributed by atoms with Gasteiger partial charge in [0, 0.05) is 35.9 Å². The van der Waals surface area contributed by atoms with Crippen LogP contribution in [0.25, 0.3) is 0 Å². The van der Waals surface area contributed by atoms with Gasteiger partial charge in [0.25, 0.3) is 0 Å². The van der Waals surface area contributed by atoms with Crippen LogP contribution < -0.4 is 4.72 Å². The molecule has 1 aromatic carbocycles. The first-order valence-corrected chi connectivity index (χ1v) is 14.4. The average Bonchev–Trinajstić information content (AvgIpc) is 3.37. The molecule has 1 heterocycles. The summed E-state index contributed by atoms with van der Waals surface area (Å²) in [6, 6.07) is 6.02. The lowest BCUT2D eigenvalue weighted by Gasteiger charge is -2.32. The van der Waals surface area contributed by atoms with Crippen molar-refractivity contribution in [2.24, 2.45) is 17.3 Å². The molecule has 1 aliphatic heterocycles. The zero-order valence-corrected chi connectivity index (χ0v) is 22.1. The summed E-state index contributed by atoms with van der Waals surface area (Å²) < 4.78 is 45.9. The summed E-state index contributed by atoms with van der Waals surface area (Å²) in [6.45, 7) is 0.777. The van der Waals surface area contributed by atoms with Crippen molar-refractivity contribution in [2.75, 3.05) is 20.3 Å². The van der Waals surface area contributed by atoms with Crippen LogP contribution in [0.1, 0.15) is 51.4 Å². The molecule has 0 amide bonds. The zero-order valence-electron chi connectivity index (χ0n) is 20.5. The van der Waals surface area contributed by atoms with Crippen LogP contribution in [0.4, 0.5) is 0 Å². The second-order valence-corrected chi connectivity index (χ2v) is 12.0. The van der Waals surface area contributed by atoms with Gasteiger partial charge in [-0.3, -0.25) is 4.79 Å². The molecule has 0 aromatic heterocycles. The fourth-order valence-electron chi connectivity index (χ4n) is 6.02. The molecule has 198 valence electrons. The van der Waals surface area contributed by atoms with Crippen LogP contribution in [0.5, 0.6) is 0 Å². The Bertz CT molecular complexity index is 1070. The number of fused-ring (bicyclic) bond motifs is 1. The molecule has 3 fully saturated rings. The molecule has 0 bridgehead atoms. The predicted molar refractivity (Wildman–Crippen MR) is 134 cm³/mol. The first-order valence-electron chi connectivity index (χ1n) is 12.5. The minimum atomic E-state index is -3.80. The first-order chi connectivity index (χ1) is 17.3. The number of ether oxygens (including phenoxy) is 3. The van der Waals surface area contributed by atoms with E-state index in [1.807, 2.05) is 6.08 Å². The Morgan fingerprint density at radius 3 is 2.69 bits per heavy atom. The van der Waals surface area contributed by atoms with Crippen molar-refractivity contribution in [3.05, 3.63) is 40.9 Å². The van der Waals surface area contributed by atoms with Gasteiger partial charge >= 0.3 is 5.97 Å². The quantitative estimate of drug-likeness (QED) is 0.272. The fraction of sp³-hybridized carbons (Fsp3) is 0.615. The number of aldehydes is 1. The highest BCUT2D eigenvalue weighted by Gasteiger charge is 2.58. The molecular formula is C26H34ClNO7S. The molecule has 10 heteroatoms. The number of rotatable bonds is 10. The number of carbonyl (C=O) groups is 2. The SMILES string of the molecule is COC(=O)CCC=C1CC[C@@H]2[C@@H](C=O)[C@H](OC3CCCCO3)C[C@]12CNS(=O)(=O)c1ccc(Cl)cc1. The van der Waals surface area contributed by atoms with E-state index >= 15 is 0 Å². The Hall–Kier alpha value is -1.78. The smallest absolute Gasteiger partial charge is 0.305 e. The minimum absolute atomic E-state index is 0.0686. The molecule has 5 atom stereocenters. The Kier molecular flexibility index (Phi) is 8.88. The van der Waals surface area contributed by atoms with Crippen LogP contribution in [-0.2, 0) is 33.8 Å². The number of allylic oxidation sites excluding steroid dienone is 1. The standard InChI is InChI=1S/C26H34ClNO7S/c1-33-24(30)6-4-5-18-8-13-22-21(16-29)23(35-25-7-2-3-14-34-25)15-26(18,22)17-28-36(31,32)20-11-9-19(27)10-12-20/h5,9-12,16,21-23,25,28H,2-4,6-8,13-15,17H2,1H3/t21-,22-,23-,25?,26+/m1/s1. The Balaban J connectivity index is 1.59. The van der Waals surface area contributed by atoms with E-state index < -0.39 is 15.4 Å². The average molecular weight is 540 g/mol. The van der Waals surface area contributed by atoms with E-state index in [9.17, 15) is 18.0 Å². The molecular weight excluding hydrogens is 506 g/mol. The van der Waals surface area contributed by atoms with Crippen molar-refractivity contribution in [3.8, 4) is 0 Å². The van der Waals surface area contributed by atoms with Gasteiger partial charge in [0.2, 0.25) is 10.0 Å². The number of carbonyl (C=O) groups excluding carboxylic acids is 2. The van der Waals surface area contributed by atoms with Crippen molar-refractivity contribution in [3.63, 3.8) is 0 Å². The maximum atomic E-state index is 13.1. The third-order valence-electron chi connectivity index (χ3n) is 7.82. The fourth-order valence-corrected chi connectivity index (χ4v) is 7.25. The summed E-state index contributed by atoms with van der Waals surface area (Å²) in [6.07, 6.45) is 7.80. The molecule has 0 radical (unpaired) electrons. The third kappa shape index (κ3) is 5.86. The van der Waals surface area contributed by atoms with Crippen LogP contribution in [0, 0.1) is 17.3 Å². The normalized spacial score (nSPS) is 31.3. The lowest BCUT2D eigenvalue weighted by molar-refractivity contribution is -0.195. The van der Waals surface area contributed by atoms with Crippen LogP contribution in [-0.4, -0.2) is 53.3 Å². The molecule has 1 aromatic rings.